The molecule has 3 aromatic rings. The Bertz CT molecular complexity index is 888. The summed E-state index contributed by atoms with van der Waals surface area (Å²) >= 11 is 0. The summed E-state index contributed by atoms with van der Waals surface area (Å²) < 4.78 is 0. The van der Waals surface area contributed by atoms with Crippen LogP contribution in [-0.2, 0) is 0 Å². The molecule has 4 rings (SSSR count). The fourth-order valence-electron chi connectivity index (χ4n) is 3.85. The van der Waals surface area contributed by atoms with Crippen LogP contribution in [0.2, 0.25) is 13.1 Å². The van der Waals surface area contributed by atoms with Gasteiger partial charge in [0.05, 0.1) is 0 Å². The van der Waals surface area contributed by atoms with Gasteiger partial charge in [0.25, 0.3) is 0 Å². The lowest BCUT2D eigenvalue weighted by Crippen LogP contribution is -2.55. The fourth-order valence-corrected chi connectivity index (χ4v) is 7.03. The zero-order valence-electron chi connectivity index (χ0n) is 13.1. The summed E-state index contributed by atoms with van der Waals surface area (Å²) in [5, 5.41) is 6.12. The maximum absolute atomic E-state index is 2.49. The van der Waals surface area contributed by atoms with Crippen molar-refractivity contribution in [2.45, 2.75) is 26.9 Å². The van der Waals surface area contributed by atoms with E-state index in [-0.39, 0.29) is 0 Å². The zero-order chi connectivity index (χ0) is 14.8. The van der Waals surface area contributed by atoms with E-state index in [0.717, 1.165) is 0 Å². The van der Waals surface area contributed by atoms with Gasteiger partial charge in [-0.1, -0.05) is 67.2 Å². The third kappa shape index (κ3) is 1.61. The Labute approximate surface area is 127 Å². The van der Waals surface area contributed by atoms with Crippen molar-refractivity contribution in [2.75, 3.05) is 0 Å². The first kappa shape index (κ1) is 12.8. The predicted octanol–water partition coefficient (Wildman–Crippen LogP) is 4.26. The molecular formula is C20H20Si. The van der Waals surface area contributed by atoms with Gasteiger partial charge >= 0.3 is 0 Å². The monoisotopic (exact) mass is 288 g/mol. The number of aryl methyl sites for hydroxylation is 2. The standard InChI is InChI=1S/C20H20Si/c1-13-8-10-16-17-11-9-14(2)15-6-5-7-18(20(15)17)21(3,4)19(16)12-13/h5-12H,1-4H3. The molecule has 0 bridgehead atoms. The largest absolute Gasteiger partial charge is 0.113 e. The number of hydrogen-bond acceptors (Lipinski definition) is 0. The van der Waals surface area contributed by atoms with Crippen molar-refractivity contribution >= 4 is 29.2 Å². The molecule has 21 heavy (non-hydrogen) atoms. The molecule has 1 heterocycles. The van der Waals surface area contributed by atoms with Gasteiger partial charge in [0.1, 0.15) is 8.07 Å². The second-order valence-electron chi connectivity index (χ2n) is 6.83. The van der Waals surface area contributed by atoms with Crippen molar-refractivity contribution in [2.24, 2.45) is 0 Å². The molecule has 0 spiro atoms. The first-order chi connectivity index (χ1) is 10.00. The van der Waals surface area contributed by atoms with Gasteiger partial charge in [0.2, 0.25) is 0 Å². The van der Waals surface area contributed by atoms with Crippen LogP contribution in [0.1, 0.15) is 11.1 Å². The SMILES string of the molecule is Cc1ccc2c(c1)[Si](C)(C)c1cccc3c(C)ccc-2c13. The molecule has 3 aromatic carbocycles. The smallest absolute Gasteiger partial charge is 0.0619 e. The molecule has 0 unspecified atom stereocenters. The molecule has 0 atom stereocenters. The number of fused-ring (bicyclic) bond motifs is 2. The highest BCUT2D eigenvalue weighted by Crippen LogP contribution is 2.34. The summed E-state index contributed by atoms with van der Waals surface area (Å²) in [4.78, 5) is 0. The highest BCUT2D eigenvalue weighted by Gasteiger charge is 2.35. The summed E-state index contributed by atoms with van der Waals surface area (Å²) in [6, 6.07) is 18.5. The van der Waals surface area contributed by atoms with Crippen LogP contribution < -0.4 is 10.4 Å². The Hall–Kier alpha value is -1.86. The summed E-state index contributed by atoms with van der Waals surface area (Å²) in [6.07, 6.45) is 0. The van der Waals surface area contributed by atoms with Crippen LogP contribution in [0.15, 0.2) is 48.5 Å². The van der Waals surface area contributed by atoms with E-state index in [2.05, 4.69) is 75.5 Å². The van der Waals surface area contributed by atoms with E-state index >= 15 is 0 Å². The molecule has 0 nitrogen and oxygen atoms in total. The van der Waals surface area contributed by atoms with E-state index in [4.69, 9.17) is 0 Å². The van der Waals surface area contributed by atoms with Crippen LogP contribution in [0, 0.1) is 13.8 Å². The van der Waals surface area contributed by atoms with Crippen LogP contribution in [0.25, 0.3) is 21.9 Å². The highest BCUT2D eigenvalue weighted by atomic mass is 28.3. The zero-order valence-corrected chi connectivity index (χ0v) is 14.1. The topological polar surface area (TPSA) is 0 Å². The highest BCUT2D eigenvalue weighted by molar-refractivity contribution is 7.03. The molecule has 0 aromatic heterocycles. The minimum atomic E-state index is -1.62. The molecule has 104 valence electrons. The van der Waals surface area contributed by atoms with Gasteiger partial charge in [-0.3, -0.25) is 0 Å². The summed E-state index contributed by atoms with van der Waals surface area (Å²) in [6.45, 7) is 9.41. The molecule has 0 saturated heterocycles. The van der Waals surface area contributed by atoms with E-state index in [1.807, 2.05) is 0 Å². The summed E-state index contributed by atoms with van der Waals surface area (Å²) in [5.41, 5.74) is 5.64. The molecule has 0 fully saturated rings. The lowest BCUT2D eigenvalue weighted by atomic mass is 9.94. The lowest BCUT2D eigenvalue weighted by Gasteiger charge is -2.34. The molecule has 1 heteroatoms. The van der Waals surface area contributed by atoms with Crippen molar-refractivity contribution < 1.29 is 0 Å². The summed E-state index contributed by atoms with van der Waals surface area (Å²) in [5.74, 6) is 0. The van der Waals surface area contributed by atoms with Crippen molar-refractivity contribution in [3.05, 3.63) is 59.7 Å². The quantitative estimate of drug-likeness (QED) is 0.542. The minimum Gasteiger partial charge on any atom is -0.0619 e. The third-order valence-electron chi connectivity index (χ3n) is 5.07. The van der Waals surface area contributed by atoms with E-state index in [1.54, 1.807) is 10.4 Å². The minimum absolute atomic E-state index is 1.37. The maximum atomic E-state index is 2.49. The van der Waals surface area contributed by atoms with Crippen molar-refractivity contribution in [1.82, 2.24) is 0 Å². The Balaban J connectivity index is 2.26. The molecule has 1 aliphatic heterocycles. The van der Waals surface area contributed by atoms with Crippen LogP contribution >= 0.6 is 0 Å². The maximum Gasteiger partial charge on any atom is 0.113 e. The van der Waals surface area contributed by atoms with E-state index in [1.165, 1.54) is 33.0 Å². The van der Waals surface area contributed by atoms with Gasteiger partial charge in [0, 0.05) is 0 Å². The number of rotatable bonds is 0. The van der Waals surface area contributed by atoms with Crippen molar-refractivity contribution in [3.63, 3.8) is 0 Å². The van der Waals surface area contributed by atoms with Gasteiger partial charge in [-0.05, 0) is 51.7 Å². The number of hydrogen-bond donors (Lipinski definition) is 0. The van der Waals surface area contributed by atoms with E-state index in [0.29, 0.717) is 0 Å². The lowest BCUT2D eigenvalue weighted by molar-refractivity contribution is 1.47. The Kier molecular flexibility index (Phi) is 2.49. The van der Waals surface area contributed by atoms with E-state index in [9.17, 15) is 0 Å². The molecule has 1 aliphatic rings. The first-order valence-electron chi connectivity index (χ1n) is 7.64. The Morgan fingerprint density at radius 3 is 2.33 bits per heavy atom. The molecule has 0 aliphatic carbocycles. The second-order valence-corrected chi connectivity index (χ2v) is 11.2. The van der Waals surface area contributed by atoms with Gasteiger partial charge in [0.15, 0.2) is 0 Å². The van der Waals surface area contributed by atoms with Gasteiger partial charge in [-0.15, -0.1) is 0 Å². The predicted molar refractivity (Wildman–Crippen MR) is 95.6 cm³/mol. The van der Waals surface area contributed by atoms with Crippen LogP contribution in [-0.4, -0.2) is 8.07 Å². The Morgan fingerprint density at radius 1 is 0.762 bits per heavy atom. The first-order valence-corrected chi connectivity index (χ1v) is 10.6. The third-order valence-corrected chi connectivity index (χ3v) is 8.59. The second kappa shape index (κ2) is 4.08. The normalized spacial score (nSPS) is 15.0. The molecular weight excluding hydrogens is 268 g/mol. The van der Waals surface area contributed by atoms with Gasteiger partial charge in [-0.2, -0.15) is 0 Å². The Morgan fingerprint density at radius 2 is 1.52 bits per heavy atom. The molecule has 0 N–H and O–H groups in total. The number of benzene rings is 3. The fraction of sp³-hybridized carbons (Fsp3) is 0.200. The molecule has 0 amide bonds. The van der Waals surface area contributed by atoms with Gasteiger partial charge < -0.3 is 0 Å². The molecule has 0 saturated carbocycles. The van der Waals surface area contributed by atoms with Crippen molar-refractivity contribution in [1.29, 1.82) is 0 Å². The molecule has 0 radical (unpaired) electrons. The average Bonchev–Trinajstić information content (AvgIpc) is 2.47. The van der Waals surface area contributed by atoms with Crippen LogP contribution in [0.5, 0.6) is 0 Å². The average molecular weight is 288 g/mol. The van der Waals surface area contributed by atoms with Crippen LogP contribution in [0.4, 0.5) is 0 Å². The summed E-state index contributed by atoms with van der Waals surface area (Å²) in [7, 11) is -1.62. The van der Waals surface area contributed by atoms with E-state index < -0.39 is 8.07 Å². The van der Waals surface area contributed by atoms with Gasteiger partial charge in [-0.25, -0.2) is 0 Å². The van der Waals surface area contributed by atoms with Crippen LogP contribution in [0.3, 0.4) is 0 Å². The van der Waals surface area contributed by atoms with Crippen molar-refractivity contribution in [3.8, 4) is 11.1 Å².